The number of fused-ring (bicyclic) bond motifs is 1. The third kappa shape index (κ3) is 2.97. The highest BCUT2D eigenvalue weighted by atomic mass is 79.9. The van der Waals surface area contributed by atoms with Gasteiger partial charge < -0.3 is 5.11 Å². The number of hydrogen-bond acceptors (Lipinski definition) is 1. The van der Waals surface area contributed by atoms with E-state index in [4.69, 9.17) is 0 Å². The van der Waals surface area contributed by atoms with Gasteiger partial charge in [-0.25, -0.2) is 0 Å². The summed E-state index contributed by atoms with van der Waals surface area (Å²) in [7, 11) is 0. The highest BCUT2D eigenvalue weighted by Crippen LogP contribution is 2.49. The molecule has 1 aliphatic rings. The number of benzene rings is 3. The predicted molar refractivity (Wildman–Crippen MR) is 107 cm³/mol. The first-order valence-corrected chi connectivity index (χ1v) is 9.33. The summed E-state index contributed by atoms with van der Waals surface area (Å²) in [5, 5.41) is 9.74. The molecule has 0 spiro atoms. The van der Waals surface area contributed by atoms with Gasteiger partial charge in [0.15, 0.2) is 0 Å². The maximum Gasteiger partial charge on any atom is 0.0468 e. The van der Waals surface area contributed by atoms with Crippen LogP contribution in [0.4, 0.5) is 0 Å². The Morgan fingerprint density at radius 2 is 1.48 bits per heavy atom. The van der Waals surface area contributed by atoms with Crippen LogP contribution in [0.1, 0.15) is 34.6 Å². The summed E-state index contributed by atoms with van der Waals surface area (Å²) in [5.74, 6) is 0.201. The molecule has 0 aliphatic heterocycles. The molecule has 3 aromatic carbocycles. The predicted octanol–water partition coefficient (Wildman–Crippen LogP) is 5.78. The Morgan fingerprint density at radius 3 is 2.20 bits per heavy atom. The average molecular weight is 391 g/mol. The average Bonchev–Trinajstić information content (AvgIpc) is 2.97. The highest BCUT2D eigenvalue weighted by Gasteiger charge is 2.32. The Kier molecular flexibility index (Phi) is 4.56. The maximum absolute atomic E-state index is 9.74. The molecule has 2 heteroatoms. The van der Waals surface area contributed by atoms with Crippen LogP contribution in [0.3, 0.4) is 0 Å². The molecule has 1 aliphatic carbocycles. The van der Waals surface area contributed by atoms with Gasteiger partial charge in [0.25, 0.3) is 0 Å². The van der Waals surface area contributed by atoms with Gasteiger partial charge in [0.2, 0.25) is 0 Å². The van der Waals surface area contributed by atoms with Gasteiger partial charge in [-0.15, -0.1) is 0 Å². The quantitative estimate of drug-likeness (QED) is 0.598. The van der Waals surface area contributed by atoms with Gasteiger partial charge >= 0.3 is 0 Å². The molecule has 0 aromatic heterocycles. The zero-order valence-electron chi connectivity index (χ0n) is 13.8. The van der Waals surface area contributed by atoms with Crippen molar-refractivity contribution in [1.82, 2.24) is 0 Å². The van der Waals surface area contributed by atoms with E-state index in [1.807, 2.05) is 6.07 Å². The van der Waals surface area contributed by atoms with E-state index in [0.29, 0.717) is 6.42 Å². The number of halogens is 1. The molecule has 25 heavy (non-hydrogen) atoms. The lowest BCUT2D eigenvalue weighted by molar-refractivity contribution is 0.298. The molecule has 1 N–H and O–H groups in total. The fraction of sp³-hybridized carbons (Fsp3) is 0.130. The van der Waals surface area contributed by atoms with Crippen LogP contribution in [0, 0.1) is 0 Å². The fourth-order valence-corrected chi connectivity index (χ4v) is 4.12. The van der Waals surface area contributed by atoms with Crippen molar-refractivity contribution < 1.29 is 5.11 Å². The lowest BCUT2D eigenvalue weighted by Gasteiger charge is -2.17. The van der Waals surface area contributed by atoms with E-state index in [0.717, 1.165) is 4.47 Å². The second-order valence-corrected chi connectivity index (χ2v) is 7.23. The highest BCUT2D eigenvalue weighted by molar-refractivity contribution is 9.10. The molecule has 1 nitrogen and oxygen atoms in total. The Labute approximate surface area is 156 Å². The van der Waals surface area contributed by atoms with E-state index in [2.05, 4.69) is 88.7 Å². The second-order valence-electron chi connectivity index (χ2n) is 6.31. The normalized spacial score (nSPS) is 16.2. The molecule has 0 amide bonds. The van der Waals surface area contributed by atoms with Crippen LogP contribution >= 0.6 is 15.9 Å². The first-order chi connectivity index (χ1) is 12.3. The van der Waals surface area contributed by atoms with Gasteiger partial charge in [0, 0.05) is 17.0 Å². The lowest BCUT2D eigenvalue weighted by atomic mass is 9.87. The summed E-state index contributed by atoms with van der Waals surface area (Å²) in [6.45, 7) is 0.159. The van der Waals surface area contributed by atoms with Crippen molar-refractivity contribution in [2.24, 2.45) is 0 Å². The van der Waals surface area contributed by atoms with Crippen LogP contribution in [0.2, 0.25) is 0 Å². The molecule has 0 radical (unpaired) electrons. The minimum atomic E-state index is 0.159. The molecule has 0 bridgehead atoms. The van der Waals surface area contributed by atoms with E-state index in [9.17, 15) is 5.11 Å². The van der Waals surface area contributed by atoms with Crippen molar-refractivity contribution >= 4 is 21.5 Å². The molecule has 0 fully saturated rings. The molecule has 1 unspecified atom stereocenters. The standard InChI is InChI=1S/C23H19BrO/c24-18-12-10-17(11-13-18)23-20-9-5-4-8-19(20)22(21(23)14-15-25)16-6-2-1-3-7-16/h1-13,23,25H,14-15H2. The molecule has 1 atom stereocenters. The third-order valence-corrected chi connectivity index (χ3v) is 5.39. The molecule has 3 aromatic rings. The van der Waals surface area contributed by atoms with E-state index < -0.39 is 0 Å². The van der Waals surface area contributed by atoms with Crippen LogP contribution in [0.15, 0.2) is 88.9 Å². The molecule has 0 heterocycles. The summed E-state index contributed by atoms with van der Waals surface area (Å²) in [6.07, 6.45) is 0.680. The number of aliphatic hydroxyl groups excluding tert-OH is 1. The fourth-order valence-electron chi connectivity index (χ4n) is 3.85. The van der Waals surface area contributed by atoms with Crippen molar-refractivity contribution in [2.75, 3.05) is 6.61 Å². The summed E-state index contributed by atoms with van der Waals surface area (Å²) in [5.41, 5.74) is 7.68. The first-order valence-electron chi connectivity index (χ1n) is 8.53. The van der Waals surface area contributed by atoms with Gasteiger partial charge in [-0.1, -0.05) is 82.7 Å². The Morgan fingerprint density at radius 1 is 0.800 bits per heavy atom. The van der Waals surface area contributed by atoms with Crippen molar-refractivity contribution in [3.05, 3.63) is 111 Å². The van der Waals surface area contributed by atoms with E-state index in [-0.39, 0.29) is 12.5 Å². The maximum atomic E-state index is 9.74. The van der Waals surface area contributed by atoms with Crippen molar-refractivity contribution in [3.8, 4) is 0 Å². The van der Waals surface area contributed by atoms with Crippen LogP contribution in [0.25, 0.3) is 5.57 Å². The number of rotatable bonds is 4. The molecule has 4 rings (SSSR count). The van der Waals surface area contributed by atoms with Gasteiger partial charge in [0.05, 0.1) is 0 Å². The van der Waals surface area contributed by atoms with Gasteiger partial charge in [-0.05, 0) is 52.0 Å². The Hall–Kier alpha value is -2.16. The van der Waals surface area contributed by atoms with Gasteiger partial charge in [-0.3, -0.25) is 0 Å². The van der Waals surface area contributed by atoms with E-state index in [1.165, 1.54) is 33.4 Å². The smallest absolute Gasteiger partial charge is 0.0468 e. The topological polar surface area (TPSA) is 20.2 Å². The molecular formula is C23H19BrO. The number of hydrogen-bond donors (Lipinski definition) is 1. The van der Waals surface area contributed by atoms with E-state index >= 15 is 0 Å². The summed E-state index contributed by atoms with van der Waals surface area (Å²) in [6, 6.07) is 27.7. The van der Waals surface area contributed by atoms with Crippen LogP contribution < -0.4 is 0 Å². The third-order valence-electron chi connectivity index (χ3n) is 4.86. The second kappa shape index (κ2) is 6.99. The van der Waals surface area contributed by atoms with Crippen molar-refractivity contribution in [1.29, 1.82) is 0 Å². The van der Waals surface area contributed by atoms with Crippen LogP contribution in [-0.2, 0) is 0 Å². The first kappa shape index (κ1) is 16.3. The van der Waals surface area contributed by atoms with Crippen LogP contribution in [-0.4, -0.2) is 11.7 Å². The summed E-state index contributed by atoms with van der Waals surface area (Å²) >= 11 is 3.53. The largest absolute Gasteiger partial charge is 0.396 e. The number of aliphatic hydroxyl groups is 1. The zero-order chi connectivity index (χ0) is 17.2. The van der Waals surface area contributed by atoms with E-state index in [1.54, 1.807) is 0 Å². The molecular weight excluding hydrogens is 372 g/mol. The lowest BCUT2D eigenvalue weighted by Crippen LogP contribution is -2.03. The molecule has 0 saturated carbocycles. The minimum Gasteiger partial charge on any atom is -0.396 e. The zero-order valence-corrected chi connectivity index (χ0v) is 15.4. The SMILES string of the molecule is OCCC1=C(c2ccccc2)c2ccccc2C1c1ccc(Br)cc1. The van der Waals surface area contributed by atoms with Crippen molar-refractivity contribution in [3.63, 3.8) is 0 Å². The monoisotopic (exact) mass is 390 g/mol. The summed E-state index contributed by atoms with van der Waals surface area (Å²) < 4.78 is 1.08. The Bertz CT molecular complexity index is 910. The van der Waals surface area contributed by atoms with Gasteiger partial charge in [0.1, 0.15) is 0 Å². The Balaban J connectivity index is 1.96. The van der Waals surface area contributed by atoms with Crippen LogP contribution in [0.5, 0.6) is 0 Å². The van der Waals surface area contributed by atoms with Crippen molar-refractivity contribution in [2.45, 2.75) is 12.3 Å². The summed E-state index contributed by atoms with van der Waals surface area (Å²) in [4.78, 5) is 0. The molecule has 124 valence electrons. The van der Waals surface area contributed by atoms with Gasteiger partial charge in [-0.2, -0.15) is 0 Å². The molecule has 0 saturated heterocycles. The minimum absolute atomic E-state index is 0.159.